The second kappa shape index (κ2) is 7.28. The van der Waals surface area contributed by atoms with Crippen LogP contribution in [0.4, 0.5) is 11.8 Å². The first-order valence-electron chi connectivity index (χ1n) is 9.45. The van der Waals surface area contributed by atoms with Crippen LogP contribution in [0.25, 0.3) is 0 Å². The Balaban J connectivity index is 1.49. The molecule has 0 radical (unpaired) electrons. The molecule has 0 saturated carbocycles. The van der Waals surface area contributed by atoms with E-state index >= 15 is 0 Å². The predicted octanol–water partition coefficient (Wildman–Crippen LogP) is -0.349. The second-order valence-electron chi connectivity index (χ2n) is 7.56. The molecule has 1 aromatic rings. The van der Waals surface area contributed by atoms with E-state index in [9.17, 15) is 8.42 Å². The Morgan fingerprint density at radius 1 is 1.23 bits per heavy atom. The average molecular weight is 382 g/mol. The van der Waals surface area contributed by atoms with Crippen LogP contribution in [0.5, 0.6) is 0 Å². The minimum atomic E-state index is -2.99. The smallest absolute Gasteiger partial charge is 0.227 e. The molecule has 26 heavy (non-hydrogen) atoms. The van der Waals surface area contributed by atoms with E-state index in [0.29, 0.717) is 5.92 Å². The molecule has 3 aliphatic rings. The van der Waals surface area contributed by atoms with Gasteiger partial charge in [-0.25, -0.2) is 13.4 Å². The summed E-state index contributed by atoms with van der Waals surface area (Å²) >= 11 is 0. The van der Waals surface area contributed by atoms with Gasteiger partial charge in [-0.15, -0.1) is 0 Å². The standard InChI is InChI=1S/C17H27N5O3S/c23-10-4-13-2-7-21(8-3-13)17-19-5-1-16(20-17)22-9-6-18-14-11-26(24,25)12-15(14)22/h1,5,13-15,18,23H,2-4,6-12H2/t14-,15+/m0/s1. The maximum absolute atomic E-state index is 12.0. The number of aromatic nitrogens is 2. The van der Waals surface area contributed by atoms with Crippen LogP contribution >= 0.6 is 0 Å². The number of hydrogen-bond donors (Lipinski definition) is 2. The summed E-state index contributed by atoms with van der Waals surface area (Å²) in [6.07, 6.45) is 4.74. The monoisotopic (exact) mass is 381 g/mol. The number of piperidine rings is 1. The second-order valence-corrected chi connectivity index (χ2v) is 9.71. The number of aliphatic hydroxyl groups excluding tert-OH is 1. The van der Waals surface area contributed by atoms with Gasteiger partial charge in [0.25, 0.3) is 0 Å². The summed E-state index contributed by atoms with van der Waals surface area (Å²) < 4.78 is 24.1. The summed E-state index contributed by atoms with van der Waals surface area (Å²) in [6, 6.07) is 1.82. The van der Waals surface area contributed by atoms with Crippen molar-refractivity contribution in [2.75, 3.05) is 54.1 Å². The lowest BCUT2D eigenvalue weighted by Gasteiger charge is -2.38. The summed E-state index contributed by atoms with van der Waals surface area (Å²) in [5.41, 5.74) is 0. The van der Waals surface area contributed by atoms with Gasteiger partial charge in [-0.3, -0.25) is 0 Å². The normalized spacial score (nSPS) is 29.0. The Hall–Kier alpha value is -1.45. The van der Waals surface area contributed by atoms with E-state index in [1.54, 1.807) is 6.20 Å². The van der Waals surface area contributed by atoms with Crippen molar-refractivity contribution < 1.29 is 13.5 Å². The third-order valence-corrected chi connectivity index (χ3v) is 7.56. The largest absolute Gasteiger partial charge is 0.396 e. The number of nitrogens with zero attached hydrogens (tertiary/aromatic N) is 4. The zero-order valence-corrected chi connectivity index (χ0v) is 15.7. The molecule has 9 heteroatoms. The summed E-state index contributed by atoms with van der Waals surface area (Å²) in [5.74, 6) is 2.53. The average Bonchev–Trinajstić information content (AvgIpc) is 2.96. The molecule has 0 unspecified atom stereocenters. The topological polar surface area (TPSA) is 98.7 Å². The highest BCUT2D eigenvalue weighted by molar-refractivity contribution is 7.91. The summed E-state index contributed by atoms with van der Waals surface area (Å²) in [7, 11) is -2.99. The molecule has 144 valence electrons. The van der Waals surface area contributed by atoms with E-state index in [1.807, 2.05) is 6.07 Å². The van der Waals surface area contributed by atoms with Crippen LogP contribution in [0.2, 0.25) is 0 Å². The van der Waals surface area contributed by atoms with Gasteiger partial charge in [0.15, 0.2) is 9.84 Å². The van der Waals surface area contributed by atoms with E-state index in [1.165, 1.54) is 0 Å². The van der Waals surface area contributed by atoms with Crippen molar-refractivity contribution in [2.24, 2.45) is 5.92 Å². The highest BCUT2D eigenvalue weighted by Gasteiger charge is 2.43. The Morgan fingerprint density at radius 2 is 2.04 bits per heavy atom. The number of anilines is 2. The Kier molecular flexibility index (Phi) is 5.02. The van der Waals surface area contributed by atoms with Crippen molar-refractivity contribution in [2.45, 2.75) is 31.3 Å². The van der Waals surface area contributed by atoms with E-state index < -0.39 is 9.84 Å². The van der Waals surface area contributed by atoms with Gasteiger partial charge in [0.2, 0.25) is 5.95 Å². The summed E-state index contributed by atoms with van der Waals surface area (Å²) in [5, 5.41) is 12.4. The lowest BCUT2D eigenvalue weighted by molar-refractivity contribution is 0.240. The molecule has 3 aliphatic heterocycles. The summed E-state index contributed by atoms with van der Waals surface area (Å²) in [4.78, 5) is 13.5. The lowest BCUT2D eigenvalue weighted by Crippen LogP contribution is -2.57. The SMILES string of the molecule is O=S1(=O)C[C@@H]2NCCN(c3ccnc(N4CCC(CCO)CC4)n3)[C@@H]2C1. The molecular weight excluding hydrogens is 354 g/mol. The maximum atomic E-state index is 12.0. The lowest BCUT2D eigenvalue weighted by atomic mass is 9.94. The zero-order valence-electron chi connectivity index (χ0n) is 14.9. The van der Waals surface area contributed by atoms with Crippen molar-refractivity contribution in [1.82, 2.24) is 15.3 Å². The third-order valence-electron chi connectivity index (χ3n) is 5.84. The fraction of sp³-hybridized carbons (Fsp3) is 0.765. The molecule has 4 rings (SSSR count). The number of hydrogen-bond acceptors (Lipinski definition) is 8. The molecule has 1 aromatic heterocycles. The van der Waals surface area contributed by atoms with Crippen molar-refractivity contribution in [1.29, 1.82) is 0 Å². The van der Waals surface area contributed by atoms with Crippen molar-refractivity contribution in [3.8, 4) is 0 Å². The van der Waals surface area contributed by atoms with E-state index in [4.69, 9.17) is 10.1 Å². The van der Waals surface area contributed by atoms with Gasteiger partial charge in [0.05, 0.1) is 17.5 Å². The number of piperazine rings is 1. The first kappa shape index (κ1) is 17.9. The predicted molar refractivity (Wildman–Crippen MR) is 100 cm³/mol. The minimum absolute atomic E-state index is 0.0126. The molecule has 0 aromatic carbocycles. The van der Waals surface area contributed by atoms with Gasteiger partial charge in [-0.05, 0) is 31.2 Å². The molecule has 0 aliphatic carbocycles. The molecule has 2 atom stereocenters. The molecule has 8 nitrogen and oxygen atoms in total. The Labute approximate surface area is 154 Å². The van der Waals surface area contributed by atoms with Crippen LogP contribution in [0, 0.1) is 5.92 Å². The van der Waals surface area contributed by atoms with Crippen molar-refractivity contribution in [3.63, 3.8) is 0 Å². The van der Waals surface area contributed by atoms with E-state index in [0.717, 1.165) is 57.2 Å². The van der Waals surface area contributed by atoms with Crippen LogP contribution in [-0.2, 0) is 9.84 Å². The van der Waals surface area contributed by atoms with Crippen LogP contribution in [0.15, 0.2) is 12.3 Å². The molecule has 0 bridgehead atoms. The minimum Gasteiger partial charge on any atom is -0.396 e. The fourth-order valence-electron chi connectivity index (χ4n) is 4.41. The number of nitrogens with one attached hydrogen (secondary N) is 1. The Bertz CT molecular complexity index is 736. The van der Waals surface area contributed by atoms with Gasteiger partial charge < -0.3 is 20.2 Å². The quantitative estimate of drug-likeness (QED) is 0.730. The number of fused-ring (bicyclic) bond motifs is 1. The van der Waals surface area contributed by atoms with E-state index in [2.05, 4.69) is 20.1 Å². The first-order valence-corrected chi connectivity index (χ1v) is 11.3. The summed E-state index contributed by atoms with van der Waals surface area (Å²) in [6.45, 7) is 3.58. The molecule has 2 N–H and O–H groups in total. The molecule has 0 spiro atoms. The highest BCUT2D eigenvalue weighted by Crippen LogP contribution is 2.28. The highest BCUT2D eigenvalue weighted by atomic mass is 32.2. The molecule has 4 heterocycles. The van der Waals surface area contributed by atoms with Gasteiger partial charge in [0.1, 0.15) is 5.82 Å². The molecular formula is C17H27N5O3S. The van der Waals surface area contributed by atoms with Crippen LogP contribution in [0.3, 0.4) is 0 Å². The van der Waals surface area contributed by atoms with Gasteiger partial charge in [0, 0.05) is 45.0 Å². The zero-order chi connectivity index (χ0) is 18.1. The molecule has 0 amide bonds. The van der Waals surface area contributed by atoms with Crippen molar-refractivity contribution in [3.05, 3.63) is 12.3 Å². The fourth-order valence-corrected chi connectivity index (χ4v) is 6.36. The maximum Gasteiger partial charge on any atom is 0.227 e. The number of sulfone groups is 1. The number of aliphatic hydroxyl groups is 1. The molecule has 3 fully saturated rings. The van der Waals surface area contributed by atoms with Gasteiger partial charge >= 0.3 is 0 Å². The van der Waals surface area contributed by atoms with Gasteiger partial charge in [-0.1, -0.05) is 0 Å². The first-order chi connectivity index (χ1) is 12.6. The van der Waals surface area contributed by atoms with Crippen molar-refractivity contribution >= 4 is 21.6 Å². The van der Waals surface area contributed by atoms with Gasteiger partial charge in [-0.2, -0.15) is 4.98 Å². The van der Waals surface area contributed by atoms with Crippen LogP contribution in [-0.4, -0.2) is 79.9 Å². The van der Waals surface area contributed by atoms with Crippen LogP contribution < -0.4 is 15.1 Å². The molecule has 3 saturated heterocycles. The Morgan fingerprint density at radius 3 is 2.81 bits per heavy atom. The number of rotatable bonds is 4. The third kappa shape index (κ3) is 3.65. The van der Waals surface area contributed by atoms with Crippen LogP contribution in [0.1, 0.15) is 19.3 Å². The van der Waals surface area contributed by atoms with E-state index in [-0.39, 0.29) is 30.2 Å².